The Labute approximate surface area is 95.5 Å². The van der Waals surface area contributed by atoms with Gasteiger partial charge in [-0.1, -0.05) is 0 Å². The van der Waals surface area contributed by atoms with Gasteiger partial charge in [-0.2, -0.15) is 26.3 Å². The molecule has 0 aliphatic heterocycles. The molecule has 0 saturated carbocycles. The van der Waals surface area contributed by atoms with Crippen molar-refractivity contribution in [2.45, 2.75) is 25.0 Å². The quantitative estimate of drug-likeness (QED) is 0.825. The molecule has 1 N–H and O–H groups in total. The molecule has 10 heteroatoms. The Kier molecular flexibility index (Phi) is 3.70. The van der Waals surface area contributed by atoms with Crippen molar-refractivity contribution >= 4 is 0 Å². The summed E-state index contributed by atoms with van der Waals surface area (Å²) in [5.74, 6) is 0. The van der Waals surface area contributed by atoms with Crippen molar-refractivity contribution in [2.75, 3.05) is 0 Å². The van der Waals surface area contributed by atoms with Gasteiger partial charge in [0.05, 0.1) is 12.9 Å². The summed E-state index contributed by atoms with van der Waals surface area (Å²) in [5.41, 5.74) is -2.84. The van der Waals surface area contributed by atoms with Crippen LogP contribution in [0, 0.1) is 0 Å². The lowest BCUT2D eigenvalue weighted by Crippen LogP contribution is -2.36. The summed E-state index contributed by atoms with van der Waals surface area (Å²) in [6.07, 6.45) is -12.4. The van der Waals surface area contributed by atoms with Crippen molar-refractivity contribution in [1.29, 1.82) is 0 Å². The van der Waals surface area contributed by atoms with Crippen LogP contribution in [-0.4, -0.2) is 26.9 Å². The number of aromatic nitrogens is 2. The SMILES string of the molecule is O=c1cc(C(F)(F)F)ncn1C[C@H](O)C(F)(F)F. The van der Waals surface area contributed by atoms with Gasteiger partial charge in [0.25, 0.3) is 5.56 Å². The van der Waals surface area contributed by atoms with Gasteiger partial charge < -0.3 is 5.11 Å². The molecule has 0 radical (unpaired) electrons. The second-order valence-electron chi connectivity index (χ2n) is 3.32. The lowest BCUT2D eigenvalue weighted by Gasteiger charge is -2.15. The second kappa shape index (κ2) is 4.59. The van der Waals surface area contributed by atoms with Gasteiger partial charge in [-0.25, -0.2) is 4.98 Å². The summed E-state index contributed by atoms with van der Waals surface area (Å²) < 4.78 is 72.5. The molecule has 0 amide bonds. The molecule has 4 nitrogen and oxygen atoms in total. The minimum absolute atomic E-state index is 0.0586. The molecular formula is C8H6F6N2O2. The van der Waals surface area contributed by atoms with Gasteiger partial charge in [-0.05, 0) is 0 Å². The predicted octanol–water partition coefficient (Wildman–Crippen LogP) is 1.19. The van der Waals surface area contributed by atoms with Crippen LogP contribution in [0.25, 0.3) is 0 Å². The zero-order chi connectivity index (χ0) is 14.1. The topological polar surface area (TPSA) is 55.1 Å². The van der Waals surface area contributed by atoms with E-state index >= 15 is 0 Å². The summed E-state index contributed by atoms with van der Waals surface area (Å²) in [5, 5.41) is 8.66. The maximum absolute atomic E-state index is 12.1. The van der Waals surface area contributed by atoms with Crippen LogP contribution in [0.4, 0.5) is 26.3 Å². The zero-order valence-electron chi connectivity index (χ0n) is 8.46. The molecule has 1 aromatic rings. The molecule has 1 rings (SSSR count). The van der Waals surface area contributed by atoms with Crippen molar-refractivity contribution in [3.63, 3.8) is 0 Å². The van der Waals surface area contributed by atoms with Crippen LogP contribution < -0.4 is 5.56 Å². The number of halogens is 6. The second-order valence-corrected chi connectivity index (χ2v) is 3.32. The van der Waals surface area contributed by atoms with Gasteiger partial charge in [-0.15, -0.1) is 0 Å². The van der Waals surface area contributed by atoms with E-state index in [2.05, 4.69) is 4.98 Å². The zero-order valence-corrected chi connectivity index (χ0v) is 8.46. The molecule has 102 valence electrons. The highest BCUT2D eigenvalue weighted by molar-refractivity contribution is 5.03. The van der Waals surface area contributed by atoms with E-state index in [1.165, 1.54) is 0 Å². The fourth-order valence-corrected chi connectivity index (χ4v) is 1.01. The van der Waals surface area contributed by atoms with Crippen molar-refractivity contribution in [3.05, 3.63) is 28.4 Å². The van der Waals surface area contributed by atoms with E-state index < -0.39 is 36.3 Å². The fourth-order valence-electron chi connectivity index (χ4n) is 1.01. The average molecular weight is 276 g/mol. The van der Waals surface area contributed by atoms with Crippen LogP contribution in [0.3, 0.4) is 0 Å². The first-order valence-corrected chi connectivity index (χ1v) is 4.40. The third kappa shape index (κ3) is 3.45. The standard InChI is InChI=1S/C8H6F6N2O2/c9-7(10,11)4-1-6(18)16(3-15-4)2-5(17)8(12,13)14/h1,3,5,17H,2H2/t5-/m0/s1. The number of hydrogen-bond donors (Lipinski definition) is 1. The highest BCUT2D eigenvalue weighted by Crippen LogP contribution is 2.26. The maximum Gasteiger partial charge on any atom is 0.433 e. The van der Waals surface area contributed by atoms with Crippen LogP contribution >= 0.6 is 0 Å². The number of nitrogens with zero attached hydrogens (tertiary/aromatic N) is 2. The van der Waals surface area contributed by atoms with Gasteiger partial charge in [-0.3, -0.25) is 9.36 Å². The molecule has 0 bridgehead atoms. The summed E-state index contributed by atoms with van der Waals surface area (Å²) in [6, 6.07) is 0.0586. The van der Waals surface area contributed by atoms with E-state index in [1.807, 2.05) is 0 Å². The molecule has 0 unspecified atom stereocenters. The Morgan fingerprint density at radius 1 is 1.28 bits per heavy atom. The van der Waals surface area contributed by atoms with Gasteiger partial charge >= 0.3 is 12.4 Å². The maximum atomic E-state index is 12.1. The van der Waals surface area contributed by atoms with Crippen LogP contribution in [-0.2, 0) is 12.7 Å². The molecule has 18 heavy (non-hydrogen) atoms. The van der Waals surface area contributed by atoms with Crippen LogP contribution in [0.2, 0.25) is 0 Å². The molecule has 0 aliphatic rings. The van der Waals surface area contributed by atoms with Crippen LogP contribution in [0.15, 0.2) is 17.2 Å². The monoisotopic (exact) mass is 276 g/mol. The summed E-state index contributed by atoms with van der Waals surface area (Å²) in [4.78, 5) is 13.9. The fraction of sp³-hybridized carbons (Fsp3) is 0.500. The van der Waals surface area contributed by atoms with Gasteiger partial charge in [0.2, 0.25) is 0 Å². The molecule has 1 aromatic heterocycles. The number of alkyl halides is 6. The summed E-state index contributed by atoms with van der Waals surface area (Å²) in [7, 11) is 0. The normalized spacial score (nSPS) is 14.6. The largest absolute Gasteiger partial charge is 0.433 e. The first-order valence-electron chi connectivity index (χ1n) is 4.40. The minimum Gasteiger partial charge on any atom is -0.382 e. The number of aliphatic hydroxyl groups is 1. The van der Waals surface area contributed by atoms with Crippen LogP contribution in [0.1, 0.15) is 5.69 Å². The van der Waals surface area contributed by atoms with Gasteiger partial charge in [0.1, 0.15) is 0 Å². The van der Waals surface area contributed by atoms with E-state index in [4.69, 9.17) is 5.11 Å². The molecule has 0 spiro atoms. The molecule has 1 heterocycles. The summed E-state index contributed by atoms with van der Waals surface area (Å²) >= 11 is 0. The van der Waals surface area contributed by atoms with E-state index in [0.717, 1.165) is 0 Å². The van der Waals surface area contributed by atoms with Gasteiger partial charge in [0, 0.05) is 6.07 Å². The van der Waals surface area contributed by atoms with Crippen LogP contribution in [0.5, 0.6) is 0 Å². The molecule has 0 fully saturated rings. The van der Waals surface area contributed by atoms with Crippen molar-refractivity contribution in [2.24, 2.45) is 0 Å². The number of aliphatic hydroxyl groups excluding tert-OH is 1. The first kappa shape index (κ1) is 14.5. The lowest BCUT2D eigenvalue weighted by molar-refractivity contribution is -0.207. The Morgan fingerprint density at radius 2 is 1.83 bits per heavy atom. The molecular weight excluding hydrogens is 270 g/mol. The smallest absolute Gasteiger partial charge is 0.382 e. The van der Waals surface area contributed by atoms with Crippen molar-refractivity contribution in [1.82, 2.24) is 9.55 Å². The summed E-state index contributed by atoms with van der Waals surface area (Å²) in [6.45, 7) is -1.21. The number of rotatable bonds is 2. The minimum atomic E-state index is -4.97. The average Bonchev–Trinajstić information content (AvgIpc) is 2.17. The van der Waals surface area contributed by atoms with E-state index in [-0.39, 0.29) is 10.6 Å². The third-order valence-corrected chi connectivity index (χ3v) is 1.92. The van der Waals surface area contributed by atoms with Crippen molar-refractivity contribution in [3.8, 4) is 0 Å². The molecule has 1 atom stereocenters. The Morgan fingerprint density at radius 3 is 2.22 bits per heavy atom. The molecule has 0 saturated heterocycles. The predicted molar refractivity (Wildman–Crippen MR) is 45.6 cm³/mol. The van der Waals surface area contributed by atoms with E-state index in [1.54, 1.807) is 0 Å². The van der Waals surface area contributed by atoms with Gasteiger partial charge in [0.15, 0.2) is 11.8 Å². The lowest BCUT2D eigenvalue weighted by atomic mass is 10.3. The highest BCUT2D eigenvalue weighted by atomic mass is 19.4. The van der Waals surface area contributed by atoms with E-state index in [9.17, 15) is 31.1 Å². The molecule has 0 aromatic carbocycles. The highest BCUT2D eigenvalue weighted by Gasteiger charge is 2.39. The third-order valence-electron chi connectivity index (χ3n) is 1.92. The van der Waals surface area contributed by atoms with Crippen molar-refractivity contribution < 1.29 is 31.4 Å². The first-order chi connectivity index (χ1) is 8.01. The Bertz CT molecular complexity index is 478. The molecule has 0 aliphatic carbocycles. The number of hydrogen-bond acceptors (Lipinski definition) is 3. The van der Waals surface area contributed by atoms with E-state index in [0.29, 0.717) is 6.33 Å². The Hall–Kier alpha value is -1.58. The Balaban J connectivity index is 2.98.